The first-order chi connectivity index (χ1) is 12.2. The van der Waals surface area contributed by atoms with E-state index in [1.807, 2.05) is 24.3 Å². The van der Waals surface area contributed by atoms with Gasteiger partial charge in [0.25, 0.3) is 5.91 Å². The van der Waals surface area contributed by atoms with Crippen LogP contribution in [0.2, 0.25) is 0 Å². The van der Waals surface area contributed by atoms with Gasteiger partial charge in [-0.2, -0.15) is 0 Å². The second kappa shape index (κ2) is 9.54. The van der Waals surface area contributed by atoms with E-state index < -0.39 is 0 Å². The fourth-order valence-corrected chi connectivity index (χ4v) is 2.17. The third-order valence-electron chi connectivity index (χ3n) is 3.55. The Balaban J connectivity index is 2.08. The summed E-state index contributed by atoms with van der Waals surface area (Å²) in [6.45, 7) is 0.741. The summed E-state index contributed by atoms with van der Waals surface area (Å²) < 4.78 is 16.5. The molecule has 0 aliphatic rings. The molecule has 0 spiro atoms. The van der Waals surface area contributed by atoms with Gasteiger partial charge in [-0.15, -0.1) is 0 Å². The molecular formula is C19H23NO5. The number of carbonyl (C=O) groups is 1. The van der Waals surface area contributed by atoms with E-state index in [-0.39, 0.29) is 12.5 Å². The summed E-state index contributed by atoms with van der Waals surface area (Å²) in [5, 5.41) is 11.5. The van der Waals surface area contributed by atoms with Gasteiger partial charge in [-0.3, -0.25) is 4.79 Å². The van der Waals surface area contributed by atoms with Crippen LogP contribution in [0.15, 0.2) is 42.5 Å². The highest BCUT2D eigenvalue weighted by Crippen LogP contribution is 2.26. The van der Waals surface area contributed by atoms with Crippen molar-refractivity contribution < 1.29 is 24.1 Å². The maximum absolute atomic E-state index is 11.9. The van der Waals surface area contributed by atoms with Crippen LogP contribution in [0.5, 0.6) is 17.2 Å². The summed E-state index contributed by atoms with van der Waals surface area (Å²) in [6, 6.07) is 12.7. The largest absolute Gasteiger partial charge is 0.497 e. The smallest absolute Gasteiger partial charge is 0.254 e. The molecule has 2 N–H and O–H groups in total. The monoisotopic (exact) mass is 345 g/mol. The lowest BCUT2D eigenvalue weighted by Crippen LogP contribution is -2.19. The number of benzene rings is 2. The van der Waals surface area contributed by atoms with Crippen LogP contribution in [0, 0.1) is 0 Å². The molecule has 0 fully saturated rings. The molecule has 2 rings (SSSR count). The van der Waals surface area contributed by atoms with E-state index >= 15 is 0 Å². The molecule has 0 saturated heterocycles. The Morgan fingerprint density at radius 1 is 1.08 bits per heavy atom. The topological polar surface area (TPSA) is 77.0 Å². The van der Waals surface area contributed by atoms with Crippen molar-refractivity contribution in [3.8, 4) is 17.2 Å². The zero-order valence-electron chi connectivity index (χ0n) is 14.5. The maximum Gasteiger partial charge on any atom is 0.254 e. The molecule has 0 aromatic heterocycles. The molecule has 2 aromatic rings. The lowest BCUT2D eigenvalue weighted by molar-refractivity contribution is 0.0958. The molecule has 0 bridgehead atoms. The predicted octanol–water partition coefficient (Wildman–Crippen LogP) is 2.40. The number of carbonyl (C=O) groups excluding carboxylic acids is 1. The molecule has 0 atom stereocenters. The second-order valence-corrected chi connectivity index (χ2v) is 5.30. The third-order valence-corrected chi connectivity index (χ3v) is 3.55. The van der Waals surface area contributed by atoms with Crippen molar-refractivity contribution in [3.05, 3.63) is 53.6 Å². The SMILES string of the molecule is CNC(=O)c1ccc(OCc2ccc(OC)cc2)cc1OCCCO. The van der Waals surface area contributed by atoms with E-state index in [4.69, 9.17) is 19.3 Å². The van der Waals surface area contributed by atoms with Gasteiger partial charge in [-0.25, -0.2) is 0 Å². The van der Waals surface area contributed by atoms with Crippen LogP contribution in [0.25, 0.3) is 0 Å². The van der Waals surface area contributed by atoms with Gasteiger partial charge >= 0.3 is 0 Å². The highest BCUT2D eigenvalue weighted by molar-refractivity contribution is 5.96. The van der Waals surface area contributed by atoms with Crippen molar-refractivity contribution in [1.29, 1.82) is 0 Å². The van der Waals surface area contributed by atoms with E-state index in [2.05, 4.69) is 5.32 Å². The zero-order chi connectivity index (χ0) is 18.1. The molecular weight excluding hydrogens is 322 g/mol. The fraction of sp³-hybridized carbons (Fsp3) is 0.316. The van der Waals surface area contributed by atoms with Gasteiger partial charge in [-0.1, -0.05) is 12.1 Å². The van der Waals surface area contributed by atoms with Gasteiger partial charge in [0.15, 0.2) is 0 Å². The molecule has 25 heavy (non-hydrogen) atoms. The van der Waals surface area contributed by atoms with Crippen LogP contribution >= 0.6 is 0 Å². The Kier molecular flexibility index (Phi) is 7.10. The molecule has 0 aliphatic heterocycles. The Bertz CT molecular complexity index is 685. The van der Waals surface area contributed by atoms with Crippen LogP contribution in [0.1, 0.15) is 22.3 Å². The minimum atomic E-state index is -0.235. The van der Waals surface area contributed by atoms with E-state index in [0.29, 0.717) is 36.7 Å². The second-order valence-electron chi connectivity index (χ2n) is 5.30. The molecule has 0 unspecified atom stereocenters. The van der Waals surface area contributed by atoms with E-state index in [0.717, 1.165) is 11.3 Å². The Morgan fingerprint density at radius 3 is 2.44 bits per heavy atom. The van der Waals surface area contributed by atoms with Crippen molar-refractivity contribution in [3.63, 3.8) is 0 Å². The third kappa shape index (κ3) is 5.39. The standard InChI is InChI=1S/C19H23NO5/c1-20-19(22)17-9-8-16(12-18(17)24-11-3-10-21)25-13-14-4-6-15(23-2)7-5-14/h4-9,12,21H,3,10-11,13H2,1-2H3,(H,20,22). The van der Waals surface area contributed by atoms with Crippen LogP contribution < -0.4 is 19.5 Å². The molecule has 6 nitrogen and oxygen atoms in total. The maximum atomic E-state index is 11.9. The number of aliphatic hydroxyl groups excluding tert-OH is 1. The summed E-state index contributed by atoms with van der Waals surface area (Å²) in [5.41, 5.74) is 1.43. The van der Waals surface area contributed by atoms with Gasteiger partial charge in [0.2, 0.25) is 0 Å². The average molecular weight is 345 g/mol. The quantitative estimate of drug-likeness (QED) is 0.683. The fourth-order valence-electron chi connectivity index (χ4n) is 2.17. The van der Waals surface area contributed by atoms with Crippen molar-refractivity contribution in [2.24, 2.45) is 0 Å². The zero-order valence-corrected chi connectivity index (χ0v) is 14.5. The molecule has 0 heterocycles. The minimum absolute atomic E-state index is 0.0307. The number of methoxy groups -OCH3 is 1. The number of hydrogen-bond acceptors (Lipinski definition) is 5. The van der Waals surface area contributed by atoms with Gasteiger partial charge in [0.1, 0.15) is 23.9 Å². The number of ether oxygens (including phenoxy) is 3. The van der Waals surface area contributed by atoms with E-state index in [9.17, 15) is 4.79 Å². The summed E-state index contributed by atoms with van der Waals surface area (Å²) in [6.07, 6.45) is 0.490. The first-order valence-corrected chi connectivity index (χ1v) is 8.03. The van der Waals surface area contributed by atoms with E-state index in [1.54, 1.807) is 32.4 Å². The van der Waals surface area contributed by atoms with Crippen molar-refractivity contribution in [2.45, 2.75) is 13.0 Å². The lowest BCUT2D eigenvalue weighted by Gasteiger charge is -2.13. The van der Waals surface area contributed by atoms with Crippen molar-refractivity contribution in [2.75, 3.05) is 27.4 Å². The number of aliphatic hydroxyl groups is 1. The Hall–Kier alpha value is -2.73. The summed E-state index contributed by atoms with van der Waals surface area (Å²) in [5.74, 6) is 1.58. The summed E-state index contributed by atoms with van der Waals surface area (Å²) in [4.78, 5) is 11.9. The normalized spacial score (nSPS) is 10.2. The summed E-state index contributed by atoms with van der Waals surface area (Å²) >= 11 is 0. The first-order valence-electron chi connectivity index (χ1n) is 8.03. The highest BCUT2D eigenvalue weighted by atomic mass is 16.5. The first kappa shape index (κ1) is 18.6. The van der Waals surface area contributed by atoms with Crippen LogP contribution in [0.3, 0.4) is 0 Å². The number of hydrogen-bond donors (Lipinski definition) is 2. The van der Waals surface area contributed by atoms with Gasteiger partial charge in [0, 0.05) is 26.1 Å². The van der Waals surface area contributed by atoms with Crippen molar-refractivity contribution >= 4 is 5.91 Å². The molecule has 0 radical (unpaired) electrons. The van der Waals surface area contributed by atoms with Gasteiger partial charge in [-0.05, 0) is 29.8 Å². The molecule has 6 heteroatoms. The predicted molar refractivity (Wildman–Crippen MR) is 94.4 cm³/mol. The molecule has 0 aliphatic carbocycles. The van der Waals surface area contributed by atoms with Crippen LogP contribution in [0.4, 0.5) is 0 Å². The lowest BCUT2D eigenvalue weighted by atomic mass is 10.1. The van der Waals surface area contributed by atoms with E-state index in [1.165, 1.54) is 0 Å². The molecule has 1 amide bonds. The van der Waals surface area contributed by atoms with Gasteiger partial charge in [0.05, 0.1) is 19.3 Å². The number of rotatable bonds is 9. The molecule has 2 aromatic carbocycles. The Morgan fingerprint density at radius 2 is 1.80 bits per heavy atom. The number of amides is 1. The summed E-state index contributed by atoms with van der Waals surface area (Å²) in [7, 11) is 3.19. The van der Waals surface area contributed by atoms with Crippen LogP contribution in [-0.4, -0.2) is 38.4 Å². The highest BCUT2D eigenvalue weighted by Gasteiger charge is 2.13. The molecule has 134 valence electrons. The molecule has 0 saturated carbocycles. The number of nitrogens with one attached hydrogen (secondary N) is 1. The Labute approximate surface area is 147 Å². The van der Waals surface area contributed by atoms with Gasteiger partial charge < -0.3 is 24.6 Å². The average Bonchev–Trinajstić information content (AvgIpc) is 2.66. The van der Waals surface area contributed by atoms with Crippen molar-refractivity contribution in [1.82, 2.24) is 5.32 Å². The minimum Gasteiger partial charge on any atom is -0.497 e. The van der Waals surface area contributed by atoms with Crippen LogP contribution in [-0.2, 0) is 6.61 Å².